The van der Waals surface area contributed by atoms with Gasteiger partial charge in [0.1, 0.15) is 6.61 Å². The summed E-state index contributed by atoms with van der Waals surface area (Å²) in [6, 6.07) is 0. The van der Waals surface area contributed by atoms with Crippen molar-refractivity contribution >= 4 is 24.6 Å². The van der Waals surface area contributed by atoms with Gasteiger partial charge in [-0.05, 0) is 93.8 Å². The molecular weight excluding hydrogens is 640 g/mol. The molecule has 5 rings (SSSR count). The summed E-state index contributed by atoms with van der Waals surface area (Å²) in [4.78, 5) is 25.6. The van der Waals surface area contributed by atoms with E-state index in [9.17, 15) is 30.0 Å². The van der Waals surface area contributed by atoms with Gasteiger partial charge >= 0.3 is 11.9 Å². The number of carbonyl (C=O) groups is 2. The highest BCUT2D eigenvalue weighted by Gasteiger charge is 2.73. The van der Waals surface area contributed by atoms with Crippen LogP contribution in [0.5, 0.6) is 0 Å². The van der Waals surface area contributed by atoms with Gasteiger partial charge in [-0.1, -0.05) is 72.1 Å². The molecule has 0 heterocycles. The van der Waals surface area contributed by atoms with Crippen LogP contribution in [0.15, 0.2) is 23.3 Å². The van der Waals surface area contributed by atoms with Crippen molar-refractivity contribution in [2.45, 2.75) is 155 Å². The molecule has 3 unspecified atom stereocenters. The zero-order chi connectivity index (χ0) is 36.4. The number of allylic oxidation sites excluding steroid dienone is 3. The van der Waals surface area contributed by atoms with Crippen molar-refractivity contribution in [2.75, 3.05) is 13.2 Å². The Hall–Kier alpha value is -1.39. The minimum absolute atomic E-state index is 0.0941. The number of ether oxygens (including phenoxy) is 2. The van der Waals surface area contributed by atoms with Crippen molar-refractivity contribution < 1.29 is 39.5 Å². The Morgan fingerprint density at radius 3 is 2.27 bits per heavy atom. The first-order chi connectivity index (χ1) is 22.8. The smallest absolute Gasteiger partial charge is 0.333 e. The van der Waals surface area contributed by atoms with Gasteiger partial charge in [0, 0.05) is 27.6 Å². The van der Waals surface area contributed by atoms with Gasteiger partial charge in [0.15, 0.2) is 0 Å². The molecule has 12 atom stereocenters. The third-order valence-corrected chi connectivity index (χ3v) is 16.1. The summed E-state index contributed by atoms with van der Waals surface area (Å²) in [5.74, 6) is -0.789. The molecule has 5 aliphatic rings. The highest BCUT2D eigenvalue weighted by atomic mass is 32.1. The van der Waals surface area contributed by atoms with Gasteiger partial charge in [0.05, 0.1) is 36.4 Å². The molecule has 8 nitrogen and oxygen atoms in total. The third-order valence-electron chi connectivity index (χ3n) is 15.0. The molecule has 49 heavy (non-hydrogen) atoms. The maximum absolute atomic E-state index is 12.9. The molecule has 0 bridgehead atoms. The number of aliphatic hydroxyl groups excluding tert-OH is 4. The molecule has 0 aromatic rings. The van der Waals surface area contributed by atoms with Crippen LogP contribution in [0.4, 0.5) is 0 Å². The Morgan fingerprint density at radius 1 is 0.918 bits per heavy atom. The molecule has 4 N–H and O–H groups in total. The van der Waals surface area contributed by atoms with Crippen molar-refractivity contribution in [1.82, 2.24) is 0 Å². The van der Waals surface area contributed by atoms with E-state index < -0.39 is 50.8 Å². The maximum Gasteiger partial charge on any atom is 0.333 e. The average molecular weight is 705 g/mol. The second-order valence-corrected chi connectivity index (χ2v) is 18.8. The number of fused-ring (bicyclic) bond motifs is 7. The molecule has 0 amide bonds. The lowest BCUT2D eigenvalue weighted by Gasteiger charge is -2.72. The van der Waals surface area contributed by atoms with Crippen LogP contribution in [0, 0.1) is 44.8 Å². The van der Waals surface area contributed by atoms with E-state index in [2.05, 4.69) is 33.8 Å². The summed E-state index contributed by atoms with van der Waals surface area (Å²) >= 11 is 5.69. The standard InChI is InChI=1S/C40H64O8S/c1-9-11-12-13-31(43)47-23-39-26(20-35(4,5)32(44)33(39)45)25-14-15-28-36(6)18-17-29(41)37(7,22-48-34(46)24(3)10-2)27(36)16-19-40(28,49)38(25,8)21-30(39)42/h10,14,26-30,32-33,41-42,44-45,49H,9,11-13,15-23H2,1-8H3/b24-10+/t26?,27?,28?,29-,30+,32-,33-,36-,37+,38+,39-,40-/m0/s1. The van der Waals surface area contributed by atoms with E-state index in [1.165, 1.54) is 0 Å². The summed E-state index contributed by atoms with van der Waals surface area (Å²) in [7, 11) is 0. The average Bonchev–Trinajstić information content (AvgIpc) is 3.04. The number of thiol groups is 1. The van der Waals surface area contributed by atoms with Gasteiger partial charge in [0.25, 0.3) is 0 Å². The molecule has 4 fully saturated rings. The Labute approximate surface area is 299 Å². The number of rotatable bonds is 9. The number of esters is 2. The minimum atomic E-state index is -1.28. The molecule has 0 radical (unpaired) electrons. The fourth-order valence-electron chi connectivity index (χ4n) is 11.7. The maximum atomic E-state index is 12.9. The van der Waals surface area contributed by atoms with E-state index in [4.69, 9.17) is 22.1 Å². The minimum Gasteiger partial charge on any atom is -0.465 e. The summed E-state index contributed by atoms with van der Waals surface area (Å²) in [6.07, 6.45) is 7.60. The third kappa shape index (κ3) is 5.88. The summed E-state index contributed by atoms with van der Waals surface area (Å²) in [5.41, 5.74) is -1.53. The van der Waals surface area contributed by atoms with Crippen molar-refractivity contribution in [3.8, 4) is 0 Å². The predicted molar refractivity (Wildman–Crippen MR) is 193 cm³/mol. The summed E-state index contributed by atoms with van der Waals surface area (Å²) in [5, 5.41) is 47.2. The van der Waals surface area contributed by atoms with Crippen LogP contribution in [-0.4, -0.2) is 74.7 Å². The monoisotopic (exact) mass is 704 g/mol. The number of carbonyl (C=O) groups excluding carboxylic acids is 2. The van der Waals surface area contributed by atoms with Crippen LogP contribution >= 0.6 is 12.6 Å². The lowest BCUT2D eigenvalue weighted by molar-refractivity contribution is -0.246. The van der Waals surface area contributed by atoms with Crippen molar-refractivity contribution in [3.63, 3.8) is 0 Å². The molecular formula is C40H64O8S. The highest BCUT2D eigenvalue weighted by molar-refractivity contribution is 7.81. The van der Waals surface area contributed by atoms with E-state index in [0.717, 1.165) is 50.5 Å². The van der Waals surface area contributed by atoms with Gasteiger partial charge in [0.2, 0.25) is 0 Å². The second kappa shape index (κ2) is 13.5. The van der Waals surface area contributed by atoms with Gasteiger partial charge in [-0.15, -0.1) is 0 Å². The van der Waals surface area contributed by atoms with Crippen LogP contribution in [0.2, 0.25) is 0 Å². The number of unbranched alkanes of at least 4 members (excludes halogenated alkanes) is 2. The summed E-state index contributed by atoms with van der Waals surface area (Å²) < 4.78 is 11.2. The number of hydrogen-bond donors (Lipinski definition) is 5. The van der Waals surface area contributed by atoms with Crippen LogP contribution in [0.1, 0.15) is 126 Å². The Kier molecular flexibility index (Phi) is 10.7. The molecule has 0 aromatic heterocycles. The lowest BCUT2D eigenvalue weighted by atomic mass is 9.36. The molecule has 5 aliphatic carbocycles. The largest absolute Gasteiger partial charge is 0.465 e. The van der Waals surface area contributed by atoms with E-state index >= 15 is 0 Å². The van der Waals surface area contributed by atoms with Crippen molar-refractivity contribution in [3.05, 3.63) is 23.3 Å². The Bertz CT molecular complexity index is 1340. The van der Waals surface area contributed by atoms with Gasteiger partial charge in [-0.2, -0.15) is 12.6 Å². The van der Waals surface area contributed by atoms with Crippen LogP contribution < -0.4 is 0 Å². The Balaban J connectivity index is 1.52. The first kappa shape index (κ1) is 38.8. The van der Waals surface area contributed by atoms with Crippen LogP contribution in [0.25, 0.3) is 0 Å². The van der Waals surface area contributed by atoms with Gasteiger partial charge in [-0.25, -0.2) is 4.79 Å². The molecule has 9 heteroatoms. The fourth-order valence-corrected chi connectivity index (χ4v) is 12.4. The predicted octanol–water partition coefficient (Wildman–Crippen LogP) is 6.34. The topological polar surface area (TPSA) is 134 Å². The van der Waals surface area contributed by atoms with Crippen molar-refractivity contribution in [1.29, 1.82) is 0 Å². The zero-order valence-electron chi connectivity index (χ0n) is 31.3. The normalized spacial score (nSPS) is 45.9. The van der Waals surface area contributed by atoms with E-state index in [1.54, 1.807) is 13.0 Å². The van der Waals surface area contributed by atoms with Crippen LogP contribution in [-0.2, 0) is 19.1 Å². The van der Waals surface area contributed by atoms with E-state index in [0.29, 0.717) is 24.8 Å². The quantitative estimate of drug-likeness (QED) is 0.0618. The van der Waals surface area contributed by atoms with Crippen molar-refractivity contribution in [2.24, 2.45) is 44.8 Å². The fraction of sp³-hybridized carbons (Fsp3) is 0.850. The molecule has 0 aliphatic heterocycles. The van der Waals surface area contributed by atoms with Gasteiger partial charge in [-0.3, -0.25) is 4.79 Å². The zero-order valence-corrected chi connectivity index (χ0v) is 32.2. The number of hydrogen-bond acceptors (Lipinski definition) is 9. The lowest BCUT2D eigenvalue weighted by Crippen LogP contribution is -2.73. The van der Waals surface area contributed by atoms with Crippen LogP contribution in [0.3, 0.4) is 0 Å². The second-order valence-electron chi connectivity index (χ2n) is 18.0. The highest BCUT2D eigenvalue weighted by Crippen LogP contribution is 2.74. The van der Waals surface area contributed by atoms with E-state index in [-0.39, 0.29) is 54.7 Å². The molecule has 0 spiro atoms. The SMILES string of the molecule is C/C=C(\C)C(=O)OC[C@]1(C)C2CC[C@]3(S)C(CC=C4C5CC(C)(C)[C@@H](O)[C@H](O)[C@]5(COC(=O)CCCCC)[C@H](O)C[C@]43C)[C@@]2(C)CC[C@@H]1O. The molecule has 0 aromatic carbocycles. The summed E-state index contributed by atoms with van der Waals surface area (Å²) in [6.45, 7) is 16.2. The molecule has 0 saturated heterocycles. The first-order valence-corrected chi connectivity index (χ1v) is 19.4. The van der Waals surface area contributed by atoms with Gasteiger partial charge < -0.3 is 29.9 Å². The number of aliphatic hydroxyl groups is 4. The molecule has 4 saturated carbocycles. The molecule has 278 valence electrons. The van der Waals surface area contributed by atoms with E-state index in [1.807, 2.05) is 20.8 Å². The first-order valence-electron chi connectivity index (χ1n) is 18.9. The Morgan fingerprint density at radius 2 is 1.61 bits per heavy atom.